The van der Waals surface area contributed by atoms with Crippen LogP contribution in [-0.4, -0.2) is 32.8 Å². The average molecular weight is 129 g/mol. The summed E-state index contributed by atoms with van der Waals surface area (Å²) in [6.07, 6.45) is 1.26. The lowest BCUT2D eigenvalue weighted by atomic mass is 10.4. The van der Waals surface area contributed by atoms with Gasteiger partial charge in [0, 0.05) is 0 Å². The van der Waals surface area contributed by atoms with Crippen molar-refractivity contribution in [2.24, 2.45) is 0 Å². The van der Waals surface area contributed by atoms with Crippen LogP contribution >= 0.6 is 0 Å². The Labute approximate surface area is 56.8 Å². The van der Waals surface area contributed by atoms with Gasteiger partial charge >= 0.3 is 0 Å². The molecule has 0 spiro atoms. The van der Waals surface area contributed by atoms with Gasteiger partial charge in [-0.05, 0) is 6.42 Å². The molecule has 0 amide bonds. The predicted molar refractivity (Wildman–Crippen MR) is 37.8 cm³/mol. The Balaban J connectivity index is 2.08. The Bertz CT molecular complexity index is 66.6. The molecule has 0 saturated carbocycles. The molecule has 0 N–H and O–H groups in total. The second-order valence-corrected chi connectivity index (χ2v) is 2.45. The Morgan fingerprint density at radius 1 is 1.33 bits per heavy atom. The Morgan fingerprint density at radius 3 is 2.56 bits per heavy atom. The first kappa shape index (κ1) is 7.03. The molecule has 1 saturated heterocycles. The van der Waals surface area contributed by atoms with Crippen molar-refractivity contribution in [1.82, 2.24) is 4.90 Å². The summed E-state index contributed by atoms with van der Waals surface area (Å²) in [6, 6.07) is 0. The minimum absolute atomic E-state index is 0.931. The first-order valence-electron chi connectivity index (χ1n) is 3.73. The number of hydrogen-bond acceptors (Lipinski definition) is 2. The summed E-state index contributed by atoms with van der Waals surface area (Å²) in [5, 5.41) is 0. The summed E-state index contributed by atoms with van der Waals surface area (Å²) in [7, 11) is 0. The number of hydrogen-bond donors (Lipinski definition) is 0. The number of morpholine rings is 1. The van der Waals surface area contributed by atoms with Crippen LogP contribution in [0.3, 0.4) is 0 Å². The van der Waals surface area contributed by atoms with Crippen LogP contribution in [0.2, 0.25) is 0 Å². The zero-order valence-electron chi connectivity index (χ0n) is 6.10. The van der Waals surface area contributed by atoms with E-state index in [0.29, 0.717) is 0 Å². The molecule has 1 heterocycles. The fourth-order valence-electron chi connectivity index (χ4n) is 1.14. The molecule has 0 atom stereocenters. The number of ether oxygens (including phenoxy) is 1. The molecule has 1 fully saturated rings. The smallest absolute Gasteiger partial charge is 0.146 e. The molecule has 53 valence electrons. The van der Waals surface area contributed by atoms with E-state index in [1.165, 1.54) is 13.0 Å². The minimum Gasteiger partial charge on any atom is -0.369 e. The van der Waals surface area contributed by atoms with Crippen molar-refractivity contribution in [3.05, 3.63) is 0 Å². The lowest BCUT2D eigenvalue weighted by Gasteiger charge is -2.16. The maximum absolute atomic E-state index is 5.20. The van der Waals surface area contributed by atoms with Crippen molar-refractivity contribution in [2.75, 3.05) is 32.8 Å². The summed E-state index contributed by atoms with van der Waals surface area (Å²) >= 11 is 0. The summed E-state index contributed by atoms with van der Waals surface area (Å²) in [6.45, 7) is 7.58. The zero-order chi connectivity index (χ0) is 6.53. The van der Waals surface area contributed by atoms with Crippen LogP contribution in [0.25, 0.3) is 0 Å². The molecule has 1 aliphatic heterocycles. The van der Waals surface area contributed by atoms with Gasteiger partial charge < -0.3 is 4.74 Å². The van der Waals surface area contributed by atoms with E-state index in [1.807, 2.05) is 0 Å². The molecule has 0 aliphatic carbocycles. The highest BCUT2D eigenvalue weighted by Crippen LogP contribution is 1.92. The fraction of sp³-hybridized carbons (Fsp3) is 1.00. The lowest BCUT2D eigenvalue weighted by molar-refractivity contribution is 0.0753. The van der Waals surface area contributed by atoms with Crippen LogP contribution in [0, 0.1) is 0 Å². The van der Waals surface area contributed by atoms with Crippen LogP contribution < -0.4 is 4.90 Å². The third kappa shape index (κ3) is 2.33. The molecule has 9 heavy (non-hydrogen) atoms. The van der Waals surface area contributed by atoms with Gasteiger partial charge in [0.2, 0.25) is 0 Å². The quantitative estimate of drug-likeness (QED) is 0.497. The highest BCUT2D eigenvalue weighted by Gasteiger charge is 2.16. The van der Waals surface area contributed by atoms with E-state index in [2.05, 4.69) is 11.8 Å². The van der Waals surface area contributed by atoms with Crippen molar-refractivity contribution in [3.8, 4) is 0 Å². The molecule has 0 aromatic carbocycles. The first-order valence-corrected chi connectivity index (χ1v) is 3.73. The summed E-state index contributed by atoms with van der Waals surface area (Å²) in [5.41, 5.74) is 0. The Morgan fingerprint density at radius 2 is 2.00 bits per heavy atom. The van der Waals surface area contributed by atoms with Gasteiger partial charge in [0.25, 0.3) is 0 Å². The van der Waals surface area contributed by atoms with Crippen LogP contribution in [0.5, 0.6) is 0 Å². The van der Waals surface area contributed by atoms with E-state index < -0.39 is 0 Å². The Kier molecular flexibility index (Phi) is 3.01. The monoisotopic (exact) mass is 129 g/mol. The second-order valence-electron chi connectivity index (χ2n) is 2.45. The molecule has 0 bridgehead atoms. The van der Waals surface area contributed by atoms with Crippen LogP contribution in [0.1, 0.15) is 13.3 Å². The Hall–Kier alpha value is -0.0800. The van der Waals surface area contributed by atoms with Crippen molar-refractivity contribution in [3.63, 3.8) is 0 Å². The van der Waals surface area contributed by atoms with E-state index in [4.69, 9.17) is 4.74 Å². The molecule has 1 rings (SSSR count). The van der Waals surface area contributed by atoms with E-state index >= 15 is 0 Å². The van der Waals surface area contributed by atoms with Gasteiger partial charge in [-0.25, -0.2) is 0 Å². The fourth-order valence-corrected chi connectivity index (χ4v) is 1.14. The SMILES string of the molecule is CCC[N+]1CCOCC1. The van der Waals surface area contributed by atoms with E-state index in [0.717, 1.165) is 26.3 Å². The molecule has 0 aromatic heterocycles. The highest BCUT2D eigenvalue weighted by molar-refractivity contribution is 4.65. The maximum atomic E-state index is 5.20. The molecular formula is C7H15NO+. The normalized spacial score (nSPS) is 22.3. The molecule has 0 unspecified atom stereocenters. The molecule has 1 aliphatic rings. The van der Waals surface area contributed by atoms with E-state index in [1.54, 1.807) is 0 Å². The molecule has 1 radical (unpaired) electrons. The van der Waals surface area contributed by atoms with Crippen LogP contribution in [0.15, 0.2) is 0 Å². The zero-order valence-corrected chi connectivity index (χ0v) is 6.10. The van der Waals surface area contributed by atoms with Crippen LogP contribution in [-0.2, 0) is 4.74 Å². The summed E-state index contributed by atoms with van der Waals surface area (Å²) < 4.78 is 5.20. The molecule has 2 nitrogen and oxygen atoms in total. The maximum Gasteiger partial charge on any atom is 0.146 e. The van der Waals surface area contributed by atoms with Gasteiger partial charge in [-0.3, -0.25) is 0 Å². The van der Waals surface area contributed by atoms with Crippen LogP contribution in [0.4, 0.5) is 0 Å². The van der Waals surface area contributed by atoms with Crippen molar-refractivity contribution in [1.29, 1.82) is 0 Å². The molecular weight excluding hydrogens is 114 g/mol. The average Bonchev–Trinajstić information content (AvgIpc) is 1.91. The molecule has 0 aromatic rings. The van der Waals surface area contributed by atoms with E-state index in [9.17, 15) is 0 Å². The van der Waals surface area contributed by atoms with Gasteiger partial charge in [-0.1, -0.05) is 6.92 Å². The van der Waals surface area contributed by atoms with Gasteiger partial charge in [0.05, 0.1) is 0 Å². The lowest BCUT2D eigenvalue weighted by Crippen LogP contribution is -2.41. The largest absolute Gasteiger partial charge is 0.369 e. The van der Waals surface area contributed by atoms with Crippen molar-refractivity contribution in [2.45, 2.75) is 13.3 Å². The van der Waals surface area contributed by atoms with Gasteiger partial charge in [0.15, 0.2) is 0 Å². The third-order valence-electron chi connectivity index (χ3n) is 1.64. The third-order valence-corrected chi connectivity index (χ3v) is 1.64. The van der Waals surface area contributed by atoms with Gasteiger partial charge in [0.1, 0.15) is 32.8 Å². The second kappa shape index (κ2) is 3.85. The number of nitrogens with zero attached hydrogens (tertiary/aromatic N) is 1. The van der Waals surface area contributed by atoms with E-state index in [-0.39, 0.29) is 0 Å². The van der Waals surface area contributed by atoms with Crippen molar-refractivity contribution < 1.29 is 4.74 Å². The highest BCUT2D eigenvalue weighted by atomic mass is 16.5. The first-order chi connectivity index (χ1) is 4.43. The minimum atomic E-state index is 0.931. The predicted octanol–water partition coefficient (Wildman–Crippen LogP) is 0.567. The topological polar surface area (TPSA) is 15.1 Å². The molecule has 2 heteroatoms. The van der Waals surface area contributed by atoms with Gasteiger partial charge in [-0.2, -0.15) is 4.90 Å². The standard InChI is InChI=1S/C7H15NO/c1-2-3-8-4-6-9-7-5-8/h2-7H2,1H3/q+1. The summed E-state index contributed by atoms with van der Waals surface area (Å²) in [4.78, 5) is 2.45. The van der Waals surface area contributed by atoms with Gasteiger partial charge in [-0.15, -0.1) is 0 Å². The summed E-state index contributed by atoms with van der Waals surface area (Å²) in [5.74, 6) is 0. The number of rotatable bonds is 2. The van der Waals surface area contributed by atoms with Crippen molar-refractivity contribution >= 4 is 0 Å².